The number of sulfonamides is 1. The Kier molecular flexibility index (Phi) is 5.65. The van der Waals surface area contributed by atoms with Gasteiger partial charge in [-0.25, -0.2) is 12.8 Å². The first-order valence-corrected chi connectivity index (χ1v) is 11.7. The summed E-state index contributed by atoms with van der Waals surface area (Å²) >= 11 is 0.955. The average Bonchev–Trinajstić information content (AvgIpc) is 3.38. The minimum absolute atomic E-state index is 0.0139. The first-order valence-electron chi connectivity index (χ1n) is 9.41. The lowest BCUT2D eigenvalue weighted by Crippen LogP contribution is -2.41. The Morgan fingerprint density at radius 3 is 2.71 bits per heavy atom. The fourth-order valence-corrected chi connectivity index (χ4v) is 5.82. The summed E-state index contributed by atoms with van der Waals surface area (Å²) in [6.45, 7) is 1.65. The summed E-state index contributed by atoms with van der Waals surface area (Å²) in [6, 6.07) is 13.7. The molecule has 0 saturated heterocycles. The number of carboxylic acid groups (broad SMARTS) is 1. The highest BCUT2D eigenvalue weighted by atomic mass is 32.2. The second kappa shape index (κ2) is 8.26. The number of para-hydroxylation sites is 1. The number of aromatic nitrogens is 1. The zero-order valence-electron chi connectivity index (χ0n) is 16.4. The van der Waals surface area contributed by atoms with Gasteiger partial charge < -0.3 is 10.1 Å². The zero-order chi connectivity index (χ0) is 22.2. The van der Waals surface area contributed by atoms with Crippen LogP contribution < -0.4 is 4.72 Å². The maximum Gasteiger partial charge on any atom is 0.322 e. The van der Waals surface area contributed by atoms with Crippen LogP contribution in [0.1, 0.15) is 11.1 Å². The summed E-state index contributed by atoms with van der Waals surface area (Å²) < 4.78 is 41.8. The molecule has 31 heavy (non-hydrogen) atoms. The van der Waals surface area contributed by atoms with Crippen molar-refractivity contribution in [2.24, 2.45) is 0 Å². The van der Waals surface area contributed by atoms with Gasteiger partial charge in [-0.15, -0.1) is 11.3 Å². The lowest BCUT2D eigenvalue weighted by molar-refractivity contribution is -0.138. The molecule has 0 bridgehead atoms. The Bertz CT molecular complexity index is 1380. The van der Waals surface area contributed by atoms with Gasteiger partial charge in [0.25, 0.3) is 10.0 Å². The SMILES string of the molecule is Cc1ccc(-c2ccc(S(=O)(=O)N[C@H](Cc3c[nH]c4ccccc34)C(=O)O)s2)cc1F. The maximum absolute atomic E-state index is 13.9. The van der Waals surface area contributed by atoms with E-state index < -0.39 is 22.0 Å². The molecule has 3 N–H and O–H groups in total. The van der Waals surface area contributed by atoms with Gasteiger partial charge >= 0.3 is 5.97 Å². The van der Waals surface area contributed by atoms with Crippen LogP contribution in [0.3, 0.4) is 0 Å². The van der Waals surface area contributed by atoms with E-state index in [2.05, 4.69) is 9.71 Å². The molecule has 4 rings (SSSR count). The lowest BCUT2D eigenvalue weighted by atomic mass is 10.1. The number of nitrogens with one attached hydrogen (secondary N) is 2. The fourth-order valence-electron chi connectivity index (χ4n) is 3.31. The number of H-pyrrole nitrogens is 1. The Labute approximate surface area is 182 Å². The molecule has 6 nitrogen and oxygen atoms in total. The molecule has 0 saturated carbocycles. The number of carbonyl (C=O) groups is 1. The van der Waals surface area contributed by atoms with Gasteiger partial charge in [0, 0.05) is 28.4 Å². The van der Waals surface area contributed by atoms with Gasteiger partial charge in [-0.2, -0.15) is 4.72 Å². The molecule has 0 unspecified atom stereocenters. The summed E-state index contributed by atoms with van der Waals surface area (Å²) in [7, 11) is -4.08. The van der Waals surface area contributed by atoms with Gasteiger partial charge in [-0.1, -0.05) is 30.3 Å². The van der Waals surface area contributed by atoms with Crippen LogP contribution in [0.4, 0.5) is 4.39 Å². The molecule has 2 heterocycles. The molecule has 0 amide bonds. The largest absolute Gasteiger partial charge is 0.480 e. The minimum Gasteiger partial charge on any atom is -0.480 e. The highest BCUT2D eigenvalue weighted by Gasteiger charge is 2.27. The summed E-state index contributed by atoms with van der Waals surface area (Å²) in [5.74, 6) is -1.65. The molecule has 2 aromatic carbocycles. The van der Waals surface area contributed by atoms with Crippen LogP contribution in [0.25, 0.3) is 21.3 Å². The average molecular weight is 459 g/mol. The predicted octanol–water partition coefficient (Wildman–Crippen LogP) is 4.32. The monoisotopic (exact) mass is 458 g/mol. The van der Waals surface area contributed by atoms with Gasteiger partial charge in [-0.3, -0.25) is 4.79 Å². The van der Waals surface area contributed by atoms with Crippen LogP contribution in [0.15, 0.2) is 65.0 Å². The molecular weight excluding hydrogens is 439 g/mol. The van der Waals surface area contributed by atoms with Crippen LogP contribution in [0.2, 0.25) is 0 Å². The van der Waals surface area contributed by atoms with E-state index in [1.54, 1.807) is 31.3 Å². The van der Waals surface area contributed by atoms with Crippen LogP contribution in [0, 0.1) is 12.7 Å². The zero-order valence-corrected chi connectivity index (χ0v) is 18.1. The normalized spacial score (nSPS) is 12.8. The van der Waals surface area contributed by atoms with Gasteiger partial charge in [-0.05, 0) is 47.9 Å². The Morgan fingerprint density at radius 2 is 1.97 bits per heavy atom. The number of halogens is 1. The van der Waals surface area contributed by atoms with E-state index in [0.717, 1.165) is 22.2 Å². The number of benzene rings is 2. The Morgan fingerprint density at radius 1 is 1.19 bits per heavy atom. The topological polar surface area (TPSA) is 99.3 Å². The van der Waals surface area contributed by atoms with Gasteiger partial charge in [0.1, 0.15) is 16.1 Å². The standard InChI is InChI=1S/C22H19FN2O4S2/c1-13-6-7-14(10-17(13)23)20-8-9-21(30-20)31(28,29)25-19(22(26)27)11-15-12-24-18-5-3-2-4-16(15)18/h2-10,12,19,24-25H,11H2,1H3,(H,26,27)/t19-/m1/s1. The van der Waals surface area contributed by atoms with E-state index in [4.69, 9.17) is 0 Å². The molecule has 2 aromatic heterocycles. The van der Waals surface area contributed by atoms with Crippen molar-refractivity contribution in [3.63, 3.8) is 0 Å². The van der Waals surface area contributed by atoms with Crippen molar-refractivity contribution in [1.29, 1.82) is 0 Å². The van der Waals surface area contributed by atoms with Crippen molar-refractivity contribution in [3.8, 4) is 10.4 Å². The molecule has 0 aliphatic heterocycles. The van der Waals surface area contributed by atoms with Gasteiger partial charge in [0.15, 0.2) is 0 Å². The second-order valence-electron chi connectivity index (χ2n) is 7.16. The first kappa shape index (κ1) is 21.2. The number of carboxylic acids is 1. The van der Waals surface area contributed by atoms with Crippen molar-refractivity contribution in [2.75, 3.05) is 0 Å². The predicted molar refractivity (Wildman–Crippen MR) is 118 cm³/mol. The van der Waals surface area contributed by atoms with Crippen molar-refractivity contribution >= 4 is 38.2 Å². The van der Waals surface area contributed by atoms with E-state index in [1.165, 1.54) is 12.1 Å². The number of aryl methyl sites for hydroxylation is 1. The summed E-state index contributed by atoms with van der Waals surface area (Å²) in [5.41, 5.74) is 2.60. The number of hydrogen-bond acceptors (Lipinski definition) is 4. The van der Waals surface area contributed by atoms with Gasteiger partial charge in [0.2, 0.25) is 0 Å². The third-order valence-corrected chi connectivity index (χ3v) is 8.09. The van der Waals surface area contributed by atoms with E-state index >= 15 is 0 Å². The molecular formula is C22H19FN2O4S2. The quantitative estimate of drug-likeness (QED) is 0.384. The molecule has 0 spiro atoms. The third kappa shape index (κ3) is 4.39. The van der Waals surface area contributed by atoms with E-state index in [9.17, 15) is 22.7 Å². The number of aromatic amines is 1. The van der Waals surface area contributed by atoms with E-state index in [1.807, 2.05) is 24.3 Å². The number of rotatable bonds is 7. The molecule has 0 aliphatic carbocycles. The van der Waals surface area contributed by atoms with Gasteiger partial charge in [0.05, 0.1) is 0 Å². The third-order valence-electron chi connectivity index (χ3n) is 5.00. The van der Waals surface area contributed by atoms with Crippen molar-refractivity contribution in [2.45, 2.75) is 23.6 Å². The lowest BCUT2D eigenvalue weighted by Gasteiger charge is -2.13. The molecule has 0 radical (unpaired) electrons. The highest BCUT2D eigenvalue weighted by Crippen LogP contribution is 2.32. The van der Waals surface area contributed by atoms with Crippen molar-refractivity contribution < 1.29 is 22.7 Å². The smallest absolute Gasteiger partial charge is 0.322 e. The number of thiophene rings is 1. The minimum atomic E-state index is -4.08. The molecule has 1 atom stereocenters. The van der Waals surface area contributed by atoms with Crippen molar-refractivity contribution in [1.82, 2.24) is 9.71 Å². The van der Waals surface area contributed by atoms with Crippen molar-refractivity contribution in [3.05, 3.63) is 77.7 Å². The summed E-state index contributed by atoms with van der Waals surface area (Å²) in [5, 5.41) is 10.5. The Balaban J connectivity index is 1.58. The number of hydrogen-bond donors (Lipinski definition) is 3. The highest BCUT2D eigenvalue weighted by molar-refractivity contribution is 7.91. The van der Waals surface area contributed by atoms with Crippen LogP contribution in [-0.4, -0.2) is 30.5 Å². The summed E-state index contributed by atoms with van der Waals surface area (Å²) in [6.07, 6.45) is 1.67. The summed E-state index contributed by atoms with van der Waals surface area (Å²) in [4.78, 5) is 15.4. The second-order valence-corrected chi connectivity index (χ2v) is 10.2. The fraction of sp³-hybridized carbons (Fsp3) is 0.136. The Hall–Kier alpha value is -3.01. The first-order chi connectivity index (χ1) is 14.7. The molecule has 0 fully saturated rings. The molecule has 9 heteroatoms. The number of fused-ring (bicyclic) bond motifs is 1. The molecule has 4 aromatic rings. The van der Waals surface area contributed by atoms with Crippen LogP contribution in [-0.2, 0) is 21.2 Å². The number of aliphatic carboxylic acids is 1. The van der Waals surface area contributed by atoms with E-state index in [-0.39, 0.29) is 16.4 Å². The van der Waals surface area contributed by atoms with Crippen LogP contribution >= 0.6 is 11.3 Å². The van der Waals surface area contributed by atoms with Crippen LogP contribution in [0.5, 0.6) is 0 Å². The molecule has 0 aliphatic rings. The van der Waals surface area contributed by atoms with E-state index in [0.29, 0.717) is 21.6 Å². The maximum atomic E-state index is 13.9. The molecule has 160 valence electrons.